The summed E-state index contributed by atoms with van der Waals surface area (Å²) in [7, 11) is -3.86. The van der Waals surface area contributed by atoms with Crippen LogP contribution in [0.25, 0.3) is 0 Å². The number of carboxylic acid groups (broad SMARTS) is 1. The Hall–Kier alpha value is -1.96. The second-order valence-electron chi connectivity index (χ2n) is 5.15. The number of carbonyl (C=O) groups is 1. The minimum Gasteiger partial charge on any atom is -0.481 e. The van der Waals surface area contributed by atoms with Crippen LogP contribution in [0.3, 0.4) is 0 Å². The van der Waals surface area contributed by atoms with Crippen molar-refractivity contribution in [1.82, 2.24) is 4.72 Å². The summed E-state index contributed by atoms with van der Waals surface area (Å²) in [5, 5.41) is 9.53. The average molecular weight is 372 g/mol. The van der Waals surface area contributed by atoms with Gasteiger partial charge in [-0.25, -0.2) is 17.5 Å². The van der Waals surface area contributed by atoms with Crippen molar-refractivity contribution in [1.29, 1.82) is 0 Å². The second kappa shape index (κ2) is 7.74. The summed E-state index contributed by atoms with van der Waals surface area (Å²) in [6.45, 7) is -0.104. The van der Waals surface area contributed by atoms with Gasteiger partial charge in [0.2, 0.25) is 10.0 Å². The predicted molar refractivity (Wildman–Crippen MR) is 88.0 cm³/mol. The summed E-state index contributed by atoms with van der Waals surface area (Å²) >= 11 is 5.81. The van der Waals surface area contributed by atoms with Crippen molar-refractivity contribution in [2.75, 3.05) is 6.54 Å². The molecule has 0 saturated heterocycles. The summed E-state index contributed by atoms with van der Waals surface area (Å²) in [5.41, 5.74) is 0.656. The van der Waals surface area contributed by atoms with Crippen LogP contribution in [0.5, 0.6) is 0 Å². The molecular formula is C16H15ClFNO4S. The highest BCUT2D eigenvalue weighted by atomic mass is 35.5. The smallest absolute Gasteiger partial charge is 0.304 e. The van der Waals surface area contributed by atoms with Gasteiger partial charge in [-0.3, -0.25) is 4.79 Å². The summed E-state index contributed by atoms with van der Waals surface area (Å²) < 4.78 is 39.7. The zero-order chi connectivity index (χ0) is 17.7. The molecule has 0 saturated carbocycles. The third-order valence-corrected chi connectivity index (χ3v) is 5.10. The van der Waals surface area contributed by atoms with E-state index >= 15 is 0 Å². The van der Waals surface area contributed by atoms with Crippen LogP contribution in [-0.4, -0.2) is 26.0 Å². The molecule has 2 rings (SSSR count). The SMILES string of the molecule is O=C(O)C[C@@H](CNS(=O)(=O)c1ccc(F)cc1)c1ccc(Cl)cc1. The molecule has 0 amide bonds. The van der Waals surface area contributed by atoms with E-state index in [1.54, 1.807) is 24.3 Å². The van der Waals surface area contributed by atoms with Gasteiger partial charge in [-0.05, 0) is 42.0 Å². The van der Waals surface area contributed by atoms with Crippen molar-refractivity contribution >= 4 is 27.6 Å². The van der Waals surface area contributed by atoms with Crippen molar-refractivity contribution in [3.05, 3.63) is 64.9 Å². The molecule has 5 nitrogen and oxygen atoms in total. The summed E-state index contributed by atoms with van der Waals surface area (Å²) in [4.78, 5) is 10.9. The first-order valence-electron chi connectivity index (χ1n) is 7.00. The molecule has 0 radical (unpaired) electrons. The number of hydrogen-bond acceptors (Lipinski definition) is 3. The lowest BCUT2D eigenvalue weighted by Gasteiger charge is -2.16. The van der Waals surface area contributed by atoms with Gasteiger partial charge in [0.05, 0.1) is 11.3 Å². The maximum absolute atomic E-state index is 12.9. The van der Waals surface area contributed by atoms with Gasteiger partial charge in [0.25, 0.3) is 0 Å². The molecule has 0 aliphatic heterocycles. The molecule has 8 heteroatoms. The van der Waals surface area contributed by atoms with Crippen molar-refractivity contribution in [2.24, 2.45) is 0 Å². The van der Waals surface area contributed by atoms with E-state index in [0.717, 1.165) is 24.3 Å². The van der Waals surface area contributed by atoms with Gasteiger partial charge in [-0.15, -0.1) is 0 Å². The maximum atomic E-state index is 12.9. The van der Waals surface area contributed by atoms with Gasteiger partial charge in [0.1, 0.15) is 5.82 Å². The number of rotatable bonds is 7. The molecule has 0 bridgehead atoms. The number of benzene rings is 2. The fourth-order valence-corrected chi connectivity index (χ4v) is 3.37. The third kappa shape index (κ3) is 5.02. The third-order valence-electron chi connectivity index (χ3n) is 3.41. The summed E-state index contributed by atoms with van der Waals surface area (Å²) in [6.07, 6.45) is -0.242. The molecule has 0 heterocycles. The molecule has 0 aliphatic carbocycles. The molecule has 0 aliphatic rings. The van der Waals surface area contributed by atoms with E-state index in [0.29, 0.717) is 10.6 Å². The van der Waals surface area contributed by atoms with Crippen LogP contribution < -0.4 is 4.72 Å². The highest BCUT2D eigenvalue weighted by molar-refractivity contribution is 7.89. The minimum absolute atomic E-state index is 0.0888. The molecule has 24 heavy (non-hydrogen) atoms. The Morgan fingerprint density at radius 2 is 1.71 bits per heavy atom. The van der Waals surface area contributed by atoms with Crippen molar-refractivity contribution < 1.29 is 22.7 Å². The zero-order valence-corrected chi connectivity index (χ0v) is 14.0. The molecule has 0 spiro atoms. The monoisotopic (exact) mass is 371 g/mol. The molecule has 128 valence electrons. The normalized spacial score (nSPS) is 12.8. The van der Waals surface area contributed by atoms with Crippen LogP contribution in [0, 0.1) is 5.82 Å². The maximum Gasteiger partial charge on any atom is 0.304 e. The van der Waals surface area contributed by atoms with Crippen LogP contribution >= 0.6 is 11.6 Å². The average Bonchev–Trinajstić information content (AvgIpc) is 2.52. The Bertz CT molecular complexity index is 807. The van der Waals surface area contributed by atoms with Crippen LogP contribution in [0.4, 0.5) is 4.39 Å². The fourth-order valence-electron chi connectivity index (χ4n) is 2.16. The first-order chi connectivity index (χ1) is 11.3. The highest BCUT2D eigenvalue weighted by Gasteiger charge is 2.20. The van der Waals surface area contributed by atoms with E-state index in [1.807, 2.05) is 0 Å². The van der Waals surface area contributed by atoms with Crippen molar-refractivity contribution in [2.45, 2.75) is 17.2 Å². The minimum atomic E-state index is -3.86. The zero-order valence-electron chi connectivity index (χ0n) is 12.4. The number of sulfonamides is 1. The molecule has 2 aromatic carbocycles. The molecular weight excluding hydrogens is 357 g/mol. The Balaban J connectivity index is 2.16. The van der Waals surface area contributed by atoms with E-state index in [-0.39, 0.29) is 17.9 Å². The van der Waals surface area contributed by atoms with E-state index in [2.05, 4.69) is 4.72 Å². The quantitative estimate of drug-likeness (QED) is 0.783. The van der Waals surface area contributed by atoms with Gasteiger partial charge < -0.3 is 5.11 Å². The second-order valence-corrected chi connectivity index (χ2v) is 7.36. The van der Waals surface area contributed by atoms with Crippen molar-refractivity contribution in [3.63, 3.8) is 0 Å². The Labute approximate surface area is 144 Å². The Kier molecular flexibility index (Phi) is 5.93. The fraction of sp³-hybridized carbons (Fsp3) is 0.188. The van der Waals surface area contributed by atoms with Crippen LogP contribution in [0.15, 0.2) is 53.4 Å². The number of carboxylic acids is 1. The number of halogens is 2. The first kappa shape index (κ1) is 18.4. The molecule has 2 aromatic rings. The lowest BCUT2D eigenvalue weighted by Crippen LogP contribution is -2.29. The lowest BCUT2D eigenvalue weighted by atomic mass is 9.96. The van der Waals surface area contributed by atoms with Gasteiger partial charge in [0, 0.05) is 17.5 Å². The highest BCUT2D eigenvalue weighted by Crippen LogP contribution is 2.22. The van der Waals surface area contributed by atoms with E-state index in [1.165, 1.54) is 0 Å². The summed E-state index contributed by atoms with van der Waals surface area (Å²) in [6, 6.07) is 10.9. The predicted octanol–water partition coefficient (Wildman–Crippen LogP) is 3.02. The number of aliphatic carboxylic acids is 1. The van der Waals surface area contributed by atoms with E-state index in [9.17, 15) is 17.6 Å². The summed E-state index contributed by atoms with van der Waals surface area (Å²) in [5.74, 6) is -2.15. The van der Waals surface area contributed by atoms with Crippen LogP contribution in [0.2, 0.25) is 5.02 Å². The van der Waals surface area contributed by atoms with Gasteiger partial charge in [-0.2, -0.15) is 0 Å². The molecule has 2 N–H and O–H groups in total. The topological polar surface area (TPSA) is 83.5 Å². The van der Waals surface area contributed by atoms with Gasteiger partial charge >= 0.3 is 5.97 Å². The van der Waals surface area contributed by atoms with Gasteiger partial charge in [0.15, 0.2) is 0 Å². The molecule has 0 aromatic heterocycles. The largest absolute Gasteiger partial charge is 0.481 e. The molecule has 1 atom stereocenters. The van der Waals surface area contributed by atoms with Crippen LogP contribution in [0.1, 0.15) is 17.9 Å². The van der Waals surface area contributed by atoms with Gasteiger partial charge in [-0.1, -0.05) is 23.7 Å². The number of nitrogens with one attached hydrogen (secondary N) is 1. The lowest BCUT2D eigenvalue weighted by molar-refractivity contribution is -0.137. The standard InChI is InChI=1S/C16H15ClFNO4S/c17-13-3-1-11(2-4-13)12(9-16(20)21)10-19-24(22,23)15-7-5-14(18)6-8-15/h1-8,12,19H,9-10H2,(H,20,21)/t12-/m0/s1. The van der Waals surface area contributed by atoms with E-state index < -0.39 is 27.7 Å². The first-order valence-corrected chi connectivity index (χ1v) is 8.86. The molecule has 0 unspecified atom stereocenters. The Morgan fingerprint density at radius 3 is 2.25 bits per heavy atom. The Morgan fingerprint density at radius 1 is 1.12 bits per heavy atom. The van der Waals surface area contributed by atoms with Crippen molar-refractivity contribution in [3.8, 4) is 0 Å². The van der Waals surface area contributed by atoms with E-state index in [4.69, 9.17) is 16.7 Å². The van der Waals surface area contributed by atoms with Crippen LogP contribution in [-0.2, 0) is 14.8 Å². The molecule has 0 fully saturated rings. The number of hydrogen-bond donors (Lipinski definition) is 2.